The third-order valence-corrected chi connectivity index (χ3v) is 6.83. The molecular formula is C32H27F3N4O2. The van der Waals surface area contributed by atoms with Crippen LogP contribution in [0.1, 0.15) is 35.5 Å². The van der Waals surface area contributed by atoms with Crippen LogP contribution in [0.25, 0.3) is 16.6 Å². The highest BCUT2D eigenvalue weighted by Gasteiger charge is 2.31. The van der Waals surface area contributed by atoms with E-state index >= 15 is 0 Å². The number of urea groups is 1. The van der Waals surface area contributed by atoms with E-state index in [1.807, 2.05) is 61.5 Å². The number of nitrogens with one attached hydrogen (secondary N) is 1. The van der Waals surface area contributed by atoms with Crippen LogP contribution in [0.5, 0.6) is 0 Å². The van der Waals surface area contributed by atoms with Crippen molar-refractivity contribution in [1.82, 2.24) is 14.5 Å². The maximum absolute atomic E-state index is 13.8. The second-order valence-corrected chi connectivity index (χ2v) is 9.76. The van der Waals surface area contributed by atoms with Crippen molar-refractivity contribution in [2.45, 2.75) is 32.6 Å². The van der Waals surface area contributed by atoms with Crippen LogP contribution in [-0.2, 0) is 12.7 Å². The van der Waals surface area contributed by atoms with Crippen LogP contribution in [0.4, 0.5) is 23.7 Å². The SMILES string of the molecule is Cc1ccc(-n2c(C(C)N(Cc3ccccc3)C(=O)Nc3cccc(C(F)(F)F)c3)nc3ccccc3c2=O)cc1. The van der Waals surface area contributed by atoms with Crippen LogP contribution >= 0.6 is 0 Å². The van der Waals surface area contributed by atoms with Gasteiger partial charge in [0.1, 0.15) is 5.82 Å². The molecule has 1 N–H and O–H groups in total. The second-order valence-electron chi connectivity index (χ2n) is 9.76. The third-order valence-electron chi connectivity index (χ3n) is 6.83. The van der Waals surface area contributed by atoms with Gasteiger partial charge in [-0.05, 0) is 61.9 Å². The predicted molar refractivity (Wildman–Crippen MR) is 153 cm³/mol. The van der Waals surface area contributed by atoms with E-state index in [2.05, 4.69) is 5.32 Å². The summed E-state index contributed by atoms with van der Waals surface area (Å²) in [5.74, 6) is 0.313. The third kappa shape index (κ3) is 5.99. The van der Waals surface area contributed by atoms with Crippen LogP contribution in [0, 0.1) is 6.92 Å². The summed E-state index contributed by atoms with van der Waals surface area (Å²) >= 11 is 0. The maximum Gasteiger partial charge on any atom is 0.416 e. The molecule has 2 amide bonds. The van der Waals surface area contributed by atoms with Crippen molar-refractivity contribution < 1.29 is 18.0 Å². The quantitative estimate of drug-likeness (QED) is 0.235. The molecule has 0 fully saturated rings. The van der Waals surface area contributed by atoms with E-state index in [1.165, 1.54) is 21.6 Å². The van der Waals surface area contributed by atoms with E-state index in [0.717, 1.165) is 23.3 Å². The van der Waals surface area contributed by atoms with E-state index in [4.69, 9.17) is 4.98 Å². The van der Waals surface area contributed by atoms with Gasteiger partial charge in [-0.1, -0.05) is 66.2 Å². The molecule has 0 saturated carbocycles. The van der Waals surface area contributed by atoms with Crippen molar-refractivity contribution in [2.24, 2.45) is 0 Å². The van der Waals surface area contributed by atoms with E-state index in [9.17, 15) is 22.8 Å². The Balaban J connectivity index is 1.62. The van der Waals surface area contributed by atoms with Crippen LogP contribution in [0.15, 0.2) is 108 Å². The van der Waals surface area contributed by atoms with Crippen LogP contribution in [0.3, 0.4) is 0 Å². The van der Waals surface area contributed by atoms with Gasteiger partial charge in [0.25, 0.3) is 5.56 Å². The number of anilines is 1. The second kappa shape index (κ2) is 11.3. The van der Waals surface area contributed by atoms with Gasteiger partial charge in [0, 0.05) is 12.2 Å². The first-order valence-electron chi connectivity index (χ1n) is 13.0. The molecule has 1 aromatic heterocycles. The molecule has 208 valence electrons. The molecule has 0 aliphatic carbocycles. The van der Waals surface area contributed by atoms with Gasteiger partial charge in [0.15, 0.2) is 0 Å². The first-order valence-corrected chi connectivity index (χ1v) is 13.0. The molecule has 6 nitrogen and oxygen atoms in total. The van der Waals surface area contributed by atoms with Gasteiger partial charge < -0.3 is 10.2 Å². The lowest BCUT2D eigenvalue weighted by Gasteiger charge is -2.31. The molecule has 0 aliphatic heterocycles. The molecule has 1 unspecified atom stereocenters. The van der Waals surface area contributed by atoms with Crippen LogP contribution in [-0.4, -0.2) is 20.5 Å². The van der Waals surface area contributed by atoms with Crippen molar-refractivity contribution in [2.75, 3.05) is 5.32 Å². The fourth-order valence-corrected chi connectivity index (χ4v) is 4.65. The number of halogens is 3. The van der Waals surface area contributed by atoms with Crippen molar-refractivity contribution in [3.8, 4) is 5.69 Å². The number of aromatic nitrogens is 2. The van der Waals surface area contributed by atoms with Crippen LogP contribution < -0.4 is 10.9 Å². The smallest absolute Gasteiger partial charge is 0.310 e. The van der Waals surface area contributed by atoms with E-state index in [1.54, 1.807) is 31.2 Å². The number of benzene rings is 4. The lowest BCUT2D eigenvalue weighted by atomic mass is 10.1. The lowest BCUT2D eigenvalue weighted by Crippen LogP contribution is -2.39. The highest BCUT2D eigenvalue weighted by Crippen LogP contribution is 2.31. The molecule has 0 radical (unpaired) electrons. The minimum Gasteiger partial charge on any atom is -0.310 e. The Morgan fingerprint density at radius 2 is 1.61 bits per heavy atom. The molecule has 9 heteroatoms. The minimum atomic E-state index is -4.56. The summed E-state index contributed by atoms with van der Waals surface area (Å²) < 4.78 is 41.5. The summed E-state index contributed by atoms with van der Waals surface area (Å²) in [5.41, 5.74) is 1.69. The molecule has 1 heterocycles. The van der Waals surface area contributed by atoms with Gasteiger partial charge >= 0.3 is 12.2 Å². The number of fused-ring (bicyclic) bond motifs is 1. The van der Waals surface area contributed by atoms with Gasteiger partial charge in [-0.15, -0.1) is 0 Å². The molecule has 0 spiro atoms. The molecule has 0 saturated heterocycles. The van der Waals surface area contributed by atoms with Gasteiger partial charge in [-0.3, -0.25) is 9.36 Å². The molecule has 4 aromatic carbocycles. The summed E-state index contributed by atoms with van der Waals surface area (Å²) in [6, 6.07) is 26.6. The van der Waals surface area contributed by atoms with E-state index in [0.29, 0.717) is 22.4 Å². The topological polar surface area (TPSA) is 67.2 Å². The first kappa shape index (κ1) is 27.6. The Labute approximate surface area is 234 Å². The monoisotopic (exact) mass is 556 g/mol. The number of hydrogen-bond donors (Lipinski definition) is 1. The summed E-state index contributed by atoms with van der Waals surface area (Å²) in [5, 5.41) is 3.04. The highest BCUT2D eigenvalue weighted by molar-refractivity contribution is 5.89. The number of para-hydroxylation sites is 1. The Morgan fingerprint density at radius 3 is 2.32 bits per heavy atom. The Hall–Kier alpha value is -4.92. The molecule has 0 aliphatic rings. The van der Waals surface area contributed by atoms with Gasteiger partial charge in [0.2, 0.25) is 0 Å². The molecule has 1 atom stereocenters. The highest BCUT2D eigenvalue weighted by atomic mass is 19.4. The maximum atomic E-state index is 13.8. The average Bonchev–Trinajstić information content (AvgIpc) is 2.96. The zero-order valence-corrected chi connectivity index (χ0v) is 22.4. The Bertz CT molecular complexity index is 1750. The first-order chi connectivity index (χ1) is 19.6. The largest absolute Gasteiger partial charge is 0.416 e. The fourth-order valence-electron chi connectivity index (χ4n) is 4.65. The number of rotatable bonds is 6. The summed E-state index contributed by atoms with van der Waals surface area (Å²) in [6.07, 6.45) is -4.56. The summed E-state index contributed by atoms with van der Waals surface area (Å²) in [7, 11) is 0. The molecule has 0 bridgehead atoms. The number of aryl methyl sites for hydroxylation is 1. The van der Waals surface area contributed by atoms with Crippen molar-refractivity contribution in [1.29, 1.82) is 0 Å². The summed E-state index contributed by atoms with van der Waals surface area (Å²) in [4.78, 5) is 33.8. The lowest BCUT2D eigenvalue weighted by molar-refractivity contribution is -0.137. The molecular weight excluding hydrogens is 529 g/mol. The fraction of sp³-hybridized carbons (Fsp3) is 0.156. The van der Waals surface area contributed by atoms with Gasteiger partial charge in [-0.25, -0.2) is 9.78 Å². The van der Waals surface area contributed by atoms with Crippen molar-refractivity contribution in [3.05, 3.63) is 136 Å². The van der Waals surface area contributed by atoms with Crippen molar-refractivity contribution in [3.63, 3.8) is 0 Å². The predicted octanol–water partition coefficient (Wildman–Crippen LogP) is 7.51. The molecule has 5 rings (SSSR count). The summed E-state index contributed by atoms with van der Waals surface area (Å²) in [6.45, 7) is 3.80. The standard InChI is InChI=1S/C32H27F3N4O2/c1-21-15-17-26(18-16-21)39-29(37-28-14-7-6-13-27(28)30(39)40)22(2)38(20-23-9-4-3-5-10-23)31(41)36-25-12-8-11-24(19-25)32(33,34)35/h3-19,22H,20H2,1-2H3,(H,36,41). The zero-order valence-electron chi connectivity index (χ0n) is 22.4. The normalized spacial score (nSPS) is 12.2. The number of hydrogen-bond acceptors (Lipinski definition) is 3. The number of nitrogens with zero attached hydrogens (tertiary/aromatic N) is 3. The number of alkyl halides is 3. The molecule has 41 heavy (non-hydrogen) atoms. The number of carbonyl (C=O) groups excluding carboxylic acids is 1. The minimum absolute atomic E-state index is 0.00233. The number of carbonyl (C=O) groups is 1. The van der Waals surface area contributed by atoms with E-state index < -0.39 is 23.8 Å². The van der Waals surface area contributed by atoms with E-state index in [-0.39, 0.29) is 17.8 Å². The Kier molecular flexibility index (Phi) is 7.61. The molecule has 5 aromatic rings. The van der Waals surface area contributed by atoms with Crippen molar-refractivity contribution >= 4 is 22.6 Å². The van der Waals surface area contributed by atoms with Gasteiger partial charge in [-0.2, -0.15) is 13.2 Å². The number of amides is 2. The average molecular weight is 557 g/mol. The Morgan fingerprint density at radius 1 is 0.927 bits per heavy atom. The van der Waals surface area contributed by atoms with Crippen LogP contribution in [0.2, 0.25) is 0 Å². The van der Waals surface area contributed by atoms with Gasteiger partial charge in [0.05, 0.1) is 28.2 Å². The zero-order chi connectivity index (χ0) is 29.1.